The topological polar surface area (TPSA) is 51.6 Å². The first kappa shape index (κ1) is 9.67. The van der Waals surface area contributed by atoms with E-state index < -0.39 is 0 Å². The number of hydrogen-bond acceptors (Lipinski definition) is 5. The van der Waals surface area contributed by atoms with Gasteiger partial charge in [0.05, 0.1) is 11.4 Å². The highest BCUT2D eigenvalue weighted by molar-refractivity contribution is 9.11. The van der Waals surface area contributed by atoms with Gasteiger partial charge < -0.3 is 0 Å². The lowest BCUT2D eigenvalue weighted by Crippen LogP contribution is -1.93. The molecule has 2 heterocycles. The SMILES string of the molecule is Cc1cc(-c2nnc(Br)s2)c(C)nn1. The molecule has 4 nitrogen and oxygen atoms in total. The first-order chi connectivity index (χ1) is 6.66. The fraction of sp³-hybridized carbons (Fsp3) is 0.250. The Labute approximate surface area is 93.5 Å². The molecule has 2 aromatic rings. The largest absolute Gasteiger partial charge is 0.183 e. The van der Waals surface area contributed by atoms with Crippen molar-refractivity contribution < 1.29 is 0 Å². The quantitative estimate of drug-likeness (QED) is 0.799. The van der Waals surface area contributed by atoms with Crippen molar-refractivity contribution in [2.45, 2.75) is 13.8 Å². The zero-order valence-corrected chi connectivity index (χ0v) is 10.1. The van der Waals surface area contributed by atoms with Crippen LogP contribution >= 0.6 is 27.3 Å². The van der Waals surface area contributed by atoms with Gasteiger partial charge in [-0.2, -0.15) is 10.2 Å². The summed E-state index contributed by atoms with van der Waals surface area (Å²) in [6, 6.07) is 1.97. The summed E-state index contributed by atoms with van der Waals surface area (Å²) in [5.74, 6) is 0. The summed E-state index contributed by atoms with van der Waals surface area (Å²) in [6.45, 7) is 3.82. The molecule has 0 spiro atoms. The Morgan fingerprint density at radius 3 is 2.57 bits per heavy atom. The van der Waals surface area contributed by atoms with Crippen LogP contribution in [0.25, 0.3) is 10.6 Å². The summed E-state index contributed by atoms with van der Waals surface area (Å²) in [6.07, 6.45) is 0. The molecule has 0 N–H and O–H groups in total. The first-order valence-corrected chi connectivity index (χ1v) is 5.58. The Morgan fingerprint density at radius 2 is 1.93 bits per heavy atom. The Balaban J connectivity index is 2.55. The minimum Gasteiger partial charge on any atom is -0.156 e. The van der Waals surface area contributed by atoms with E-state index in [9.17, 15) is 0 Å². The van der Waals surface area contributed by atoms with Crippen molar-refractivity contribution in [3.8, 4) is 10.6 Å². The lowest BCUT2D eigenvalue weighted by molar-refractivity contribution is 0.940. The molecule has 14 heavy (non-hydrogen) atoms. The molecule has 0 saturated carbocycles. The normalized spacial score (nSPS) is 10.5. The van der Waals surface area contributed by atoms with E-state index in [2.05, 4.69) is 36.3 Å². The third-order valence-corrected chi connectivity index (χ3v) is 3.12. The van der Waals surface area contributed by atoms with Crippen molar-refractivity contribution in [1.82, 2.24) is 20.4 Å². The minimum atomic E-state index is 0.779. The van der Waals surface area contributed by atoms with Crippen LogP contribution in [0.3, 0.4) is 0 Å². The minimum absolute atomic E-state index is 0.779. The number of nitrogens with zero attached hydrogens (tertiary/aromatic N) is 4. The summed E-state index contributed by atoms with van der Waals surface area (Å²) >= 11 is 4.77. The molecule has 0 atom stereocenters. The molecule has 0 aliphatic rings. The lowest BCUT2D eigenvalue weighted by atomic mass is 10.2. The summed E-state index contributed by atoms with van der Waals surface area (Å²) < 4.78 is 0.779. The van der Waals surface area contributed by atoms with Gasteiger partial charge in [-0.25, -0.2) is 0 Å². The average molecular weight is 271 g/mol. The van der Waals surface area contributed by atoms with Gasteiger partial charge in [0, 0.05) is 5.56 Å². The molecule has 0 unspecified atom stereocenters. The van der Waals surface area contributed by atoms with Gasteiger partial charge >= 0.3 is 0 Å². The van der Waals surface area contributed by atoms with Crippen LogP contribution in [0.2, 0.25) is 0 Å². The maximum Gasteiger partial charge on any atom is 0.183 e. The molecule has 0 aromatic carbocycles. The molecule has 0 saturated heterocycles. The lowest BCUT2D eigenvalue weighted by Gasteiger charge is -1.99. The van der Waals surface area contributed by atoms with Gasteiger partial charge in [-0.3, -0.25) is 0 Å². The van der Waals surface area contributed by atoms with Gasteiger partial charge in [0.25, 0.3) is 0 Å². The molecule has 0 bridgehead atoms. The molecule has 0 aliphatic carbocycles. The Morgan fingerprint density at radius 1 is 1.14 bits per heavy atom. The predicted octanol–water partition coefficient (Wildman–Crippen LogP) is 2.37. The molecular formula is C8H7BrN4S. The van der Waals surface area contributed by atoms with Gasteiger partial charge in [-0.1, -0.05) is 11.3 Å². The van der Waals surface area contributed by atoms with Gasteiger partial charge in [0.2, 0.25) is 0 Å². The predicted molar refractivity (Wildman–Crippen MR) is 58.1 cm³/mol. The summed E-state index contributed by atoms with van der Waals surface area (Å²) in [4.78, 5) is 0. The summed E-state index contributed by atoms with van der Waals surface area (Å²) in [7, 11) is 0. The Kier molecular flexibility index (Phi) is 2.56. The van der Waals surface area contributed by atoms with Crippen LogP contribution in [0.1, 0.15) is 11.4 Å². The standard InChI is InChI=1S/C8H7BrN4S/c1-4-3-6(5(2)11-10-4)7-12-13-8(9)14-7/h3H,1-2H3. The molecule has 0 amide bonds. The van der Waals surface area contributed by atoms with E-state index in [4.69, 9.17) is 0 Å². The third kappa shape index (κ3) is 1.80. The second-order valence-corrected chi connectivity index (χ2v) is 5.10. The Hall–Kier alpha value is -0.880. The van der Waals surface area contributed by atoms with Crippen LogP contribution in [0, 0.1) is 13.8 Å². The number of halogens is 1. The monoisotopic (exact) mass is 270 g/mol. The van der Waals surface area contributed by atoms with E-state index >= 15 is 0 Å². The van der Waals surface area contributed by atoms with E-state index in [1.807, 2.05) is 19.9 Å². The number of aryl methyl sites for hydroxylation is 2. The van der Waals surface area contributed by atoms with E-state index in [1.54, 1.807) is 0 Å². The zero-order chi connectivity index (χ0) is 10.1. The van der Waals surface area contributed by atoms with Crippen LogP contribution in [0.15, 0.2) is 9.98 Å². The van der Waals surface area contributed by atoms with E-state index in [0.29, 0.717) is 0 Å². The van der Waals surface area contributed by atoms with Crippen molar-refractivity contribution >= 4 is 27.3 Å². The van der Waals surface area contributed by atoms with E-state index in [-0.39, 0.29) is 0 Å². The highest BCUT2D eigenvalue weighted by atomic mass is 79.9. The van der Waals surface area contributed by atoms with Crippen LogP contribution in [0.5, 0.6) is 0 Å². The van der Waals surface area contributed by atoms with Crippen molar-refractivity contribution in [2.24, 2.45) is 0 Å². The van der Waals surface area contributed by atoms with Crippen LogP contribution in [0.4, 0.5) is 0 Å². The zero-order valence-electron chi connectivity index (χ0n) is 7.65. The molecule has 2 aromatic heterocycles. The summed E-state index contributed by atoms with van der Waals surface area (Å²) in [5.41, 5.74) is 2.76. The highest BCUT2D eigenvalue weighted by Crippen LogP contribution is 2.27. The molecule has 72 valence electrons. The van der Waals surface area contributed by atoms with E-state index in [1.165, 1.54) is 11.3 Å². The summed E-state index contributed by atoms with van der Waals surface area (Å²) in [5, 5.41) is 16.8. The van der Waals surface area contributed by atoms with Gasteiger partial charge in [0.1, 0.15) is 0 Å². The maximum absolute atomic E-state index is 4.04. The second-order valence-electron chi connectivity index (χ2n) is 2.84. The van der Waals surface area contributed by atoms with Crippen molar-refractivity contribution in [1.29, 1.82) is 0 Å². The van der Waals surface area contributed by atoms with Crippen LogP contribution in [-0.4, -0.2) is 20.4 Å². The smallest absolute Gasteiger partial charge is 0.156 e. The van der Waals surface area contributed by atoms with Crippen molar-refractivity contribution in [3.05, 3.63) is 21.4 Å². The number of aromatic nitrogens is 4. The number of hydrogen-bond donors (Lipinski definition) is 0. The molecule has 0 fully saturated rings. The molecular weight excluding hydrogens is 264 g/mol. The third-order valence-electron chi connectivity index (χ3n) is 1.73. The number of rotatable bonds is 1. The molecule has 6 heteroatoms. The first-order valence-electron chi connectivity index (χ1n) is 3.97. The Bertz CT molecular complexity index is 468. The van der Waals surface area contributed by atoms with Crippen molar-refractivity contribution in [3.63, 3.8) is 0 Å². The van der Waals surface area contributed by atoms with Crippen LogP contribution in [-0.2, 0) is 0 Å². The average Bonchev–Trinajstić information content (AvgIpc) is 2.56. The maximum atomic E-state index is 4.04. The van der Waals surface area contributed by atoms with E-state index in [0.717, 1.165) is 25.9 Å². The fourth-order valence-electron chi connectivity index (χ4n) is 1.08. The molecule has 0 aliphatic heterocycles. The van der Waals surface area contributed by atoms with Crippen LogP contribution < -0.4 is 0 Å². The molecule has 0 radical (unpaired) electrons. The van der Waals surface area contributed by atoms with Crippen molar-refractivity contribution in [2.75, 3.05) is 0 Å². The second kappa shape index (κ2) is 3.70. The highest BCUT2D eigenvalue weighted by Gasteiger charge is 2.09. The van der Waals surface area contributed by atoms with Gasteiger partial charge in [0.15, 0.2) is 8.92 Å². The van der Waals surface area contributed by atoms with Gasteiger partial charge in [-0.05, 0) is 35.8 Å². The fourth-order valence-corrected chi connectivity index (χ4v) is 2.26. The van der Waals surface area contributed by atoms with Gasteiger partial charge in [-0.15, -0.1) is 10.2 Å². The molecule has 2 rings (SSSR count).